The van der Waals surface area contributed by atoms with Crippen molar-refractivity contribution in [2.24, 2.45) is 0 Å². The molecule has 0 radical (unpaired) electrons. The fourth-order valence-corrected chi connectivity index (χ4v) is 1.91. The monoisotopic (exact) mass is 277 g/mol. The molecule has 0 aromatic heterocycles. The molecule has 0 spiro atoms. The normalized spacial score (nSPS) is 17.6. The summed E-state index contributed by atoms with van der Waals surface area (Å²) in [5, 5.41) is 0. The van der Waals surface area contributed by atoms with E-state index in [0.29, 0.717) is 13.1 Å². The van der Waals surface area contributed by atoms with Gasteiger partial charge in [-0.05, 0) is 32.8 Å². The molecule has 0 bridgehead atoms. The number of hydrogen-bond donors (Lipinski definition) is 0. The minimum atomic E-state index is -0.466. The number of hydrogen-bond acceptors (Lipinski definition) is 3. The first kappa shape index (κ1) is 14.9. The first-order valence-electron chi connectivity index (χ1n) is 7.07. The van der Waals surface area contributed by atoms with E-state index in [4.69, 9.17) is 9.47 Å². The Hall–Kier alpha value is -1.55. The SMILES string of the molecule is CC(C)(C)OC(=O)N(CCc1ccccc1)CC1CO1. The fraction of sp³-hybridized carbons (Fsp3) is 0.562. The second-order valence-corrected chi connectivity index (χ2v) is 6.12. The van der Waals surface area contributed by atoms with E-state index in [0.717, 1.165) is 13.0 Å². The maximum absolute atomic E-state index is 12.2. The summed E-state index contributed by atoms with van der Waals surface area (Å²) in [5.74, 6) is 0. The molecule has 1 heterocycles. The van der Waals surface area contributed by atoms with Crippen molar-refractivity contribution in [1.29, 1.82) is 0 Å². The van der Waals surface area contributed by atoms with Gasteiger partial charge in [0.2, 0.25) is 0 Å². The molecule has 1 amide bonds. The Morgan fingerprint density at radius 2 is 2.00 bits per heavy atom. The lowest BCUT2D eigenvalue weighted by molar-refractivity contribution is 0.0239. The predicted molar refractivity (Wildman–Crippen MR) is 77.7 cm³/mol. The number of rotatable bonds is 5. The lowest BCUT2D eigenvalue weighted by Gasteiger charge is -2.27. The van der Waals surface area contributed by atoms with E-state index in [1.807, 2.05) is 39.0 Å². The van der Waals surface area contributed by atoms with E-state index in [2.05, 4.69) is 12.1 Å². The third kappa shape index (κ3) is 5.21. The largest absolute Gasteiger partial charge is 0.444 e. The van der Waals surface area contributed by atoms with Crippen molar-refractivity contribution in [2.75, 3.05) is 19.7 Å². The quantitative estimate of drug-likeness (QED) is 0.777. The van der Waals surface area contributed by atoms with Crippen LogP contribution >= 0.6 is 0 Å². The van der Waals surface area contributed by atoms with Crippen molar-refractivity contribution < 1.29 is 14.3 Å². The minimum Gasteiger partial charge on any atom is -0.444 e. The summed E-state index contributed by atoms with van der Waals surface area (Å²) in [6.45, 7) is 7.65. The summed E-state index contributed by atoms with van der Waals surface area (Å²) < 4.78 is 10.7. The Labute approximate surface area is 120 Å². The van der Waals surface area contributed by atoms with E-state index in [-0.39, 0.29) is 12.2 Å². The zero-order chi connectivity index (χ0) is 14.6. The Balaban J connectivity index is 1.91. The predicted octanol–water partition coefficient (Wildman–Crippen LogP) is 2.87. The van der Waals surface area contributed by atoms with Crippen molar-refractivity contribution in [2.45, 2.75) is 38.9 Å². The molecule has 1 fully saturated rings. The van der Waals surface area contributed by atoms with Gasteiger partial charge >= 0.3 is 6.09 Å². The third-order valence-electron chi connectivity index (χ3n) is 2.99. The average molecular weight is 277 g/mol. The Kier molecular flexibility index (Phi) is 4.65. The van der Waals surface area contributed by atoms with Crippen molar-refractivity contribution in [3.8, 4) is 0 Å². The molecule has 20 heavy (non-hydrogen) atoms. The van der Waals surface area contributed by atoms with Gasteiger partial charge in [-0.1, -0.05) is 30.3 Å². The summed E-state index contributed by atoms with van der Waals surface area (Å²) in [7, 11) is 0. The van der Waals surface area contributed by atoms with Crippen LogP contribution in [0.2, 0.25) is 0 Å². The highest BCUT2D eigenvalue weighted by molar-refractivity contribution is 5.68. The van der Waals surface area contributed by atoms with Crippen LogP contribution in [0.15, 0.2) is 30.3 Å². The molecule has 2 rings (SSSR count). The average Bonchev–Trinajstić information content (AvgIpc) is 3.17. The van der Waals surface area contributed by atoms with Crippen LogP contribution in [0.25, 0.3) is 0 Å². The summed E-state index contributed by atoms with van der Waals surface area (Å²) in [6.07, 6.45) is 0.745. The van der Waals surface area contributed by atoms with Gasteiger partial charge in [0.1, 0.15) is 5.60 Å². The van der Waals surface area contributed by atoms with Gasteiger partial charge in [-0.15, -0.1) is 0 Å². The summed E-state index contributed by atoms with van der Waals surface area (Å²) in [5.41, 5.74) is 0.754. The Morgan fingerprint density at radius 1 is 1.35 bits per heavy atom. The molecule has 0 aliphatic carbocycles. The maximum atomic E-state index is 12.2. The van der Waals surface area contributed by atoms with E-state index in [1.165, 1.54) is 5.56 Å². The van der Waals surface area contributed by atoms with Gasteiger partial charge in [0.25, 0.3) is 0 Å². The molecule has 1 unspecified atom stereocenters. The van der Waals surface area contributed by atoms with Crippen LogP contribution in [0.4, 0.5) is 4.79 Å². The van der Waals surface area contributed by atoms with Crippen LogP contribution in [-0.4, -0.2) is 42.4 Å². The molecule has 4 heteroatoms. The zero-order valence-electron chi connectivity index (χ0n) is 12.5. The third-order valence-corrected chi connectivity index (χ3v) is 2.99. The molecule has 1 atom stereocenters. The van der Waals surface area contributed by atoms with E-state index < -0.39 is 5.60 Å². The van der Waals surface area contributed by atoms with Crippen molar-refractivity contribution >= 4 is 6.09 Å². The summed E-state index contributed by atoms with van der Waals surface area (Å²) in [4.78, 5) is 13.9. The van der Waals surface area contributed by atoms with Gasteiger partial charge in [0, 0.05) is 6.54 Å². The topological polar surface area (TPSA) is 42.1 Å². The fourth-order valence-electron chi connectivity index (χ4n) is 1.91. The first-order valence-corrected chi connectivity index (χ1v) is 7.07. The van der Waals surface area contributed by atoms with Crippen LogP contribution in [0.5, 0.6) is 0 Å². The molecular weight excluding hydrogens is 254 g/mol. The number of epoxide rings is 1. The standard InChI is InChI=1S/C16H23NO3/c1-16(2,3)20-15(18)17(11-14-12-19-14)10-9-13-7-5-4-6-8-13/h4-8,14H,9-12H2,1-3H3. The highest BCUT2D eigenvalue weighted by atomic mass is 16.6. The molecule has 1 aromatic carbocycles. The van der Waals surface area contributed by atoms with Gasteiger partial charge in [0.05, 0.1) is 19.3 Å². The lowest BCUT2D eigenvalue weighted by Crippen LogP contribution is -2.40. The van der Waals surface area contributed by atoms with E-state index >= 15 is 0 Å². The van der Waals surface area contributed by atoms with Gasteiger partial charge in [-0.2, -0.15) is 0 Å². The van der Waals surface area contributed by atoms with Gasteiger partial charge in [-0.3, -0.25) is 0 Å². The van der Waals surface area contributed by atoms with Crippen molar-refractivity contribution in [1.82, 2.24) is 4.90 Å². The van der Waals surface area contributed by atoms with Gasteiger partial charge in [-0.25, -0.2) is 4.79 Å². The zero-order valence-corrected chi connectivity index (χ0v) is 12.5. The minimum absolute atomic E-state index is 0.179. The molecule has 0 saturated carbocycles. The molecule has 110 valence electrons. The Bertz CT molecular complexity index is 435. The van der Waals surface area contributed by atoms with Crippen LogP contribution in [-0.2, 0) is 15.9 Å². The van der Waals surface area contributed by atoms with Crippen LogP contribution in [0.3, 0.4) is 0 Å². The van der Waals surface area contributed by atoms with Gasteiger partial charge in [0.15, 0.2) is 0 Å². The molecule has 1 aliphatic heterocycles. The Morgan fingerprint density at radius 3 is 2.55 bits per heavy atom. The van der Waals surface area contributed by atoms with E-state index in [9.17, 15) is 4.79 Å². The summed E-state index contributed by atoms with van der Waals surface area (Å²) in [6, 6.07) is 10.2. The molecule has 1 saturated heterocycles. The number of benzene rings is 1. The van der Waals surface area contributed by atoms with Crippen molar-refractivity contribution in [3.63, 3.8) is 0 Å². The number of carbonyl (C=O) groups excluding carboxylic acids is 1. The molecule has 4 nitrogen and oxygen atoms in total. The van der Waals surface area contributed by atoms with Crippen LogP contribution in [0, 0.1) is 0 Å². The number of carbonyl (C=O) groups is 1. The van der Waals surface area contributed by atoms with Gasteiger partial charge < -0.3 is 14.4 Å². The maximum Gasteiger partial charge on any atom is 0.410 e. The molecule has 1 aromatic rings. The molecule has 0 N–H and O–H groups in total. The first-order chi connectivity index (χ1) is 9.44. The highest BCUT2D eigenvalue weighted by Crippen LogP contribution is 2.15. The number of amides is 1. The van der Waals surface area contributed by atoms with Crippen molar-refractivity contribution in [3.05, 3.63) is 35.9 Å². The lowest BCUT2D eigenvalue weighted by atomic mass is 10.1. The van der Waals surface area contributed by atoms with E-state index in [1.54, 1.807) is 4.90 Å². The number of ether oxygens (including phenoxy) is 2. The second-order valence-electron chi connectivity index (χ2n) is 6.12. The second kappa shape index (κ2) is 6.27. The smallest absolute Gasteiger partial charge is 0.410 e. The van der Waals surface area contributed by atoms with Crippen LogP contribution in [0.1, 0.15) is 26.3 Å². The van der Waals surface area contributed by atoms with Crippen LogP contribution < -0.4 is 0 Å². The molecular formula is C16H23NO3. The summed E-state index contributed by atoms with van der Waals surface area (Å²) >= 11 is 0. The molecule has 1 aliphatic rings. The number of nitrogens with zero attached hydrogens (tertiary/aromatic N) is 1. The highest BCUT2D eigenvalue weighted by Gasteiger charge is 2.30.